The van der Waals surface area contributed by atoms with Crippen molar-refractivity contribution in [3.8, 4) is 28.5 Å². The maximum absolute atomic E-state index is 14.4. The summed E-state index contributed by atoms with van der Waals surface area (Å²) < 4.78 is 42.9. The van der Waals surface area contributed by atoms with Crippen LogP contribution < -0.4 is 14.2 Å². The van der Waals surface area contributed by atoms with E-state index in [0.29, 0.717) is 48.0 Å². The van der Waals surface area contributed by atoms with E-state index in [0.717, 1.165) is 22.3 Å². The van der Waals surface area contributed by atoms with Gasteiger partial charge in [0.15, 0.2) is 21.3 Å². The van der Waals surface area contributed by atoms with Gasteiger partial charge < -0.3 is 19.1 Å². The molecule has 3 heterocycles. The molecule has 0 aliphatic carbocycles. The molecule has 0 radical (unpaired) electrons. The van der Waals surface area contributed by atoms with Crippen molar-refractivity contribution in [3.05, 3.63) is 95.2 Å². The molecule has 6 rings (SSSR count). The van der Waals surface area contributed by atoms with Crippen LogP contribution in [-0.4, -0.2) is 68.4 Å². The van der Waals surface area contributed by atoms with Crippen LogP contribution >= 0.6 is 0 Å². The van der Waals surface area contributed by atoms with Crippen LogP contribution in [0, 0.1) is 0 Å². The molecule has 2 aliphatic rings. The van der Waals surface area contributed by atoms with E-state index in [-0.39, 0.29) is 17.4 Å². The van der Waals surface area contributed by atoms with E-state index >= 15 is 0 Å². The van der Waals surface area contributed by atoms with Gasteiger partial charge in [0, 0.05) is 17.7 Å². The molecule has 1 aromatic heterocycles. The lowest BCUT2D eigenvalue weighted by Crippen LogP contribution is -2.32. The Labute approximate surface area is 245 Å². The fraction of sp³-hybridized carbons (Fsp3) is 0.312. The van der Waals surface area contributed by atoms with Crippen molar-refractivity contribution >= 4 is 15.7 Å². The molecule has 0 unspecified atom stereocenters. The number of fused-ring (bicyclic) bond motifs is 1. The zero-order valence-corrected chi connectivity index (χ0v) is 24.6. The maximum atomic E-state index is 14.4. The number of rotatable bonds is 9. The summed E-state index contributed by atoms with van der Waals surface area (Å²) in [4.78, 5) is 16.2. The number of ether oxygens (including phenoxy) is 3. The van der Waals surface area contributed by atoms with E-state index in [4.69, 9.17) is 19.3 Å². The Kier molecular flexibility index (Phi) is 7.40. The lowest BCUT2D eigenvalue weighted by Gasteiger charge is -2.27. The Morgan fingerprint density at radius 2 is 1.64 bits per heavy atom. The minimum Gasteiger partial charge on any atom is -0.497 e. The van der Waals surface area contributed by atoms with Crippen LogP contribution in [0.5, 0.6) is 17.2 Å². The van der Waals surface area contributed by atoms with Gasteiger partial charge in [-0.15, -0.1) is 0 Å². The molecule has 0 N–H and O–H groups in total. The number of sulfone groups is 1. The minimum atomic E-state index is -3.21. The average Bonchev–Trinajstić information content (AvgIpc) is 3.67. The van der Waals surface area contributed by atoms with Crippen LogP contribution in [0.15, 0.2) is 72.8 Å². The molecule has 2 aliphatic heterocycles. The molecule has 218 valence electrons. The van der Waals surface area contributed by atoms with Crippen molar-refractivity contribution < 1.29 is 27.4 Å². The second kappa shape index (κ2) is 11.2. The highest BCUT2D eigenvalue weighted by molar-refractivity contribution is 7.91. The number of carbonyl (C=O) groups excluding carboxylic acids is 1. The van der Waals surface area contributed by atoms with Crippen LogP contribution in [0.2, 0.25) is 0 Å². The molecule has 0 saturated carbocycles. The van der Waals surface area contributed by atoms with Gasteiger partial charge in [0.25, 0.3) is 5.91 Å². The molecule has 3 aromatic carbocycles. The van der Waals surface area contributed by atoms with Gasteiger partial charge in [0.05, 0.1) is 50.6 Å². The molecule has 42 heavy (non-hydrogen) atoms. The van der Waals surface area contributed by atoms with Crippen molar-refractivity contribution in [3.63, 3.8) is 0 Å². The second-order valence-corrected chi connectivity index (χ2v) is 12.8. The number of carbonyl (C=O) groups is 1. The number of hydrogen-bond donors (Lipinski definition) is 0. The van der Waals surface area contributed by atoms with Gasteiger partial charge in [-0.2, -0.15) is 5.10 Å². The normalized spacial score (nSPS) is 19.1. The van der Waals surface area contributed by atoms with Gasteiger partial charge in [-0.25, -0.2) is 8.42 Å². The van der Waals surface area contributed by atoms with E-state index in [1.807, 2.05) is 77.7 Å². The van der Waals surface area contributed by atoms with Crippen molar-refractivity contribution in [2.75, 3.05) is 39.4 Å². The summed E-state index contributed by atoms with van der Waals surface area (Å²) in [6, 6.07) is 22.5. The Bertz CT molecular complexity index is 1720. The summed E-state index contributed by atoms with van der Waals surface area (Å²) in [5.74, 6) is 1.89. The summed E-state index contributed by atoms with van der Waals surface area (Å²) in [6.45, 7) is 0.438. The highest BCUT2D eigenvalue weighted by atomic mass is 32.2. The van der Waals surface area contributed by atoms with Crippen molar-refractivity contribution in [2.24, 2.45) is 0 Å². The van der Waals surface area contributed by atoms with Gasteiger partial charge >= 0.3 is 0 Å². The quantitative estimate of drug-likeness (QED) is 0.279. The number of nitrogens with zero attached hydrogens (tertiary/aromatic N) is 3. The topological polar surface area (TPSA) is 100.0 Å². The van der Waals surface area contributed by atoms with Crippen LogP contribution in [0.25, 0.3) is 11.3 Å². The van der Waals surface area contributed by atoms with Crippen LogP contribution in [0.1, 0.15) is 45.7 Å². The van der Waals surface area contributed by atoms with E-state index in [9.17, 15) is 13.2 Å². The first-order chi connectivity index (χ1) is 20.3. The summed E-state index contributed by atoms with van der Waals surface area (Å²) in [5, 5.41) is 4.96. The minimum absolute atomic E-state index is 0.0297. The third kappa shape index (κ3) is 5.00. The van der Waals surface area contributed by atoms with Crippen molar-refractivity contribution in [1.82, 2.24) is 14.7 Å². The maximum Gasteiger partial charge on any atom is 0.273 e. The number of benzene rings is 3. The number of aromatic nitrogens is 2. The molecule has 10 heteroatoms. The fourth-order valence-electron chi connectivity index (χ4n) is 6.02. The Morgan fingerprint density at radius 3 is 2.29 bits per heavy atom. The monoisotopic (exact) mass is 587 g/mol. The van der Waals surface area contributed by atoms with E-state index < -0.39 is 21.9 Å². The molecular weight excluding hydrogens is 554 g/mol. The van der Waals surface area contributed by atoms with E-state index in [2.05, 4.69) is 0 Å². The molecule has 1 amide bonds. The van der Waals surface area contributed by atoms with Crippen LogP contribution in [0.4, 0.5) is 0 Å². The molecule has 2 atom stereocenters. The SMILES string of the molecule is COc1ccc(-c2nn([C@@H]3CCS(=O)(=O)C3)c3c2[C@@H](c2ccccc2)N(CCc2ccc(OC)c(OC)c2)C3=O)cc1. The van der Waals surface area contributed by atoms with Gasteiger partial charge in [0.1, 0.15) is 11.4 Å². The molecular formula is C32H33N3O6S. The van der Waals surface area contributed by atoms with Crippen molar-refractivity contribution in [2.45, 2.75) is 24.9 Å². The third-order valence-electron chi connectivity index (χ3n) is 8.12. The standard InChI is InChI=1S/C32H33N3O6S/c1-39-25-12-10-22(11-13-25)29-28-30(23-7-5-4-6-8-23)34(17-15-21-9-14-26(40-2)27(19-21)41-3)32(36)31(28)35(33-29)24-16-18-42(37,38)20-24/h4-14,19,24,30H,15-18,20H2,1-3H3/t24-,30-/m1/s1. The molecule has 0 bridgehead atoms. The highest BCUT2D eigenvalue weighted by Crippen LogP contribution is 2.45. The number of methoxy groups -OCH3 is 3. The summed E-state index contributed by atoms with van der Waals surface area (Å²) >= 11 is 0. The average molecular weight is 588 g/mol. The second-order valence-electron chi connectivity index (χ2n) is 10.6. The lowest BCUT2D eigenvalue weighted by atomic mass is 9.96. The molecule has 1 fully saturated rings. The third-order valence-corrected chi connectivity index (χ3v) is 9.87. The smallest absolute Gasteiger partial charge is 0.273 e. The first kappa shape index (κ1) is 27.8. The Balaban J connectivity index is 1.46. The highest BCUT2D eigenvalue weighted by Gasteiger charge is 2.46. The largest absolute Gasteiger partial charge is 0.497 e. The summed E-state index contributed by atoms with van der Waals surface area (Å²) in [6.07, 6.45) is 1.01. The van der Waals surface area contributed by atoms with Gasteiger partial charge in [-0.05, 0) is 60.4 Å². The van der Waals surface area contributed by atoms with E-state index in [1.54, 1.807) is 26.0 Å². The molecule has 9 nitrogen and oxygen atoms in total. The molecule has 4 aromatic rings. The van der Waals surface area contributed by atoms with Crippen molar-refractivity contribution in [1.29, 1.82) is 0 Å². The Hall–Kier alpha value is -4.31. The van der Waals surface area contributed by atoms with Crippen LogP contribution in [0.3, 0.4) is 0 Å². The first-order valence-electron chi connectivity index (χ1n) is 13.9. The number of hydrogen-bond acceptors (Lipinski definition) is 7. The molecule has 0 spiro atoms. The fourth-order valence-corrected chi connectivity index (χ4v) is 7.71. The summed E-state index contributed by atoms with van der Waals surface area (Å²) in [7, 11) is 1.61. The predicted octanol–water partition coefficient (Wildman–Crippen LogP) is 4.72. The lowest BCUT2D eigenvalue weighted by molar-refractivity contribution is 0.0738. The first-order valence-corrected chi connectivity index (χ1v) is 15.7. The van der Waals surface area contributed by atoms with Gasteiger partial charge in [-0.1, -0.05) is 36.4 Å². The van der Waals surface area contributed by atoms with Gasteiger partial charge in [0.2, 0.25) is 0 Å². The zero-order valence-electron chi connectivity index (χ0n) is 23.8. The number of amides is 1. The zero-order chi connectivity index (χ0) is 29.4. The van der Waals surface area contributed by atoms with E-state index in [1.165, 1.54) is 0 Å². The molecule has 1 saturated heterocycles. The predicted molar refractivity (Wildman–Crippen MR) is 159 cm³/mol. The Morgan fingerprint density at radius 1 is 0.905 bits per heavy atom. The summed E-state index contributed by atoms with van der Waals surface area (Å²) in [5.41, 5.74) is 4.74. The van der Waals surface area contributed by atoms with Crippen LogP contribution in [-0.2, 0) is 16.3 Å². The van der Waals surface area contributed by atoms with Gasteiger partial charge in [-0.3, -0.25) is 9.48 Å².